The Balaban J connectivity index is 1.79. The molecule has 0 bridgehead atoms. The fourth-order valence-electron chi connectivity index (χ4n) is 2.19. The van der Waals surface area contributed by atoms with Crippen LogP contribution in [0.1, 0.15) is 30.1 Å². The smallest absolute Gasteiger partial charge is 0.0458 e. The Hall–Kier alpha value is -0.500. The minimum atomic E-state index is 0.845. The van der Waals surface area contributed by atoms with Crippen molar-refractivity contribution in [3.8, 4) is 0 Å². The van der Waals surface area contributed by atoms with Crippen LogP contribution >= 0.6 is 11.3 Å². The molecule has 2 N–H and O–H groups in total. The van der Waals surface area contributed by atoms with E-state index in [-0.39, 0.29) is 0 Å². The number of hydrogen-bond acceptors (Lipinski definition) is 2. The molecule has 2 aliphatic rings. The summed E-state index contributed by atoms with van der Waals surface area (Å²) < 4.78 is 0. The predicted octanol–water partition coefficient (Wildman–Crippen LogP) is 2.84. The van der Waals surface area contributed by atoms with Gasteiger partial charge in [-0.15, -0.1) is 11.3 Å². The zero-order valence-electron chi connectivity index (χ0n) is 6.99. The summed E-state index contributed by atoms with van der Waals surface area (Å²) in [6.45, 7) is 0. The van der Waals surface area contributed by atoms with E-state index < -0.39 is 0 Å². The average molecular weight is 179 g/mol. The molecule has 3 rings (SSSR count). The molecule has 2 saturated carbocycles. The first kappa shape index (κ1) is 6.96. The van der Waals surface area contributed by atoms with Gasteiger partial charge in [-0.1, -0.05) is 0 Å². The Morgan fingerprint density at radius 1 is 1.42 bits per heavy atom. The van der Waals surface area contributed by atoms with E-state index in [1.807, 2.05) is 17.4 Å². The molecule has 0 aromatic carbocycles. The van der Waals surface area contributed by atoms with Crippen LogP contribution in [0.3, 0.4) is 0 Å². The number of anilines is 1. The van der Waals surface area contributed by atoms with E-state index in [0.29, 0.717) is 0 Å². The van der Waals surface area contributed by atoms with Crippen molar-refractivity contribution in [2.75, 3.05) is 5.73 Å². The highest BCUT2D eigenvalue weighted by molar-refractivity contribution is 7.10. The Bertz CT molecular complexity index is 301. The lowest BCUT2D eigenvalue weighted by molar-refractivity contribution is 0.694. The molecular weight excluding hydrogens is 166 g/mol. The van der Waals surface area contributed by atoms with Crippen molar-refractivity contribution in [1.29, 1.82) is 0 Å². The lowest BCUT2D eigenvalue weighted by Crippen LogP contribution is -1.88. The second kappa shape index (κ2) is 2.25. The average Bonchev–Trinajstić information content (AvgIpc) is 2.93. The van der Waals surface area contributed by atoms with E-state index in [1.165, 1.54) is 24.1 Å². The molecule has 1 aromatic rings. The molecule has 1 heterocycles. The normalized spacial score (nSPS) is 33.7. The van der Waals surface area contributed by atoms with Crippen LogP contribution in [0, 0.1) is 11.8 Å². The van der Waals surface area contributed by atoms with Gasteiger partial charge >= 0.3 is 0 Å². The molecule has 12 heavy (non-hydrogen) atoms. The van der Waals surface area contributed by atoms with E-state index in [1.54, 1.807) is 0 Å². The van der Waals surface area contributed by atoms with Crippen LogP contribution in [0.15, 0.2) is 11.4 Å². The first-order valence-corrected chi connectivity index (χ1v) is 5.57. The number of thiophene rings is 1. The second-order valence-corrected chi connectivity index (χ2v) is 5.03. The Morgan fingerprint density at radius 2 is 2.25 bits per heavy atom. The van der Waals surface area contributed by atoms with Crippen molar-refractivity contribution in [2.24, 2.45) is 11.8 Å². The monoisotopic (exact) mass is 179 g/mol. The molecule has 1 nitrogen and oxygen atoms in total. The summed E-state index contributed by atoms with van der Waals surface area (Å²) in [7, 11) is 0. The van der Waals surface area contributed by atoms with E-state index in [2.05, 4.69) is 5.38 Å². The third-order valence-electron chi connectivity index (χ3n) is 3.13. The quantitative estimate of drug-likeness (QED) is 0.742. The van der Waals surface area contributed by atoms with Crippen LogP contribution < -0.4 is 5.73 Å². The molecule has 2 atom stereocenters. The van der Waals surface area contributed by atoms with Gasteiger partial charge in [0.15, 0.2) is 0 Å². The number of nitrogens with two attached hydrogens (primary N) is 1. The molecule has 0 saturated heterocycles. The zero-order valence-corrected chi connectivity index (χ0v) is 7.81. The maximum atomic E-state index is 5.87. The molecule has 0 amide bonds. The van der Waals surface area contributed by atoms with Crippen LogP contribution in [0.2, 0.25) is 0 Å². The molecule has 0 radical (unpaired) electrons. The molecule has 2 aliphatic carbocycles. The van der Waals surface area contributed by atoms with Gasteiger partial charge in [-0.3, -0.25) is 0 Å². The summed E-state index contributed by atoms with van der Waals surface area (Å²) >= 11 is 1.84. The van der Waals surface area contributed by atoms with Crippen molar-refractivity contribution < 1.29 is 0 Å². The van der Waals surface area contributed by atoms with Crippen molar-refractivity contribution in [3.05, 3.63) is 16.3 Å². The minimum absolute atomic E-state index is 0.845. The van der Waals surface area contributed by atoms with Gasteiger partial charge in [0.05, 0.1) is 0 Å². The summed E-state index contributed by atoms with van der Waals surface area (Å²) in [6, 6.07) is 2.04. The Morgan fingerprint density at radius 3 is 2.83 bits per heavy atom. The number of nitrogen functional groups attached to an aromatic ring is 1. The molecule has 64 valence electrons. The first-order chi connectivity index (χ1) is 5.86. The molecule has 1 aromatic heterocycles. The van der Waals surface area contributed by atoms with Crippen LogP contribution in [0.5, 0.6) is 0 Å². The third-order valence-corrected chi connectivity index (χ3v) is 4.20. The summed E-state index contributed by atoms with van der Waals surface area (Å²) in [5.74, 6) is 2.92. The summed E-state index contributed by atoms with van der Waals surface area (Å²) in [6.07, 6.45) is 4.37. The second-order valence-electron chi connectivity index (χ2n) is 4.08. The first-order valence-electron chi connectivity index (χ1n) is 4.69. The highest BCUT2D eigenvalue weighted by atomic mass is 32.1. The standard InChI is InChI=1S/C10H13NS/c11-9-3-4-12-10(9)8-5-7(8)6-1-2-6/h3-4,6-8H,1-2,5,11H2. The van der Waals surface area contributed by atoms with Crippen LogP contribution in [0.25, 0.3) is 0 Å². The van der Waals surface area contributed by atoms with Crippen molar-refractivity contribution in [3.63, 3.8) is 0 Å². The Kier molecular flexibility index (Phi) is 1.31. The maximum absolute atomic E-state index is 5.87. The van der Waals surface area contributed by atoms with E-state index in [0.717, 1.165) is 23.4 Å². The molecular formula is C10H13NS. The van der Waals surface area contributed by atoms with Crippen molar-refractivity contribution >= 4 is 17.0 Å². The van der Waals surface area contributed by atoms with Gasteiger partial charge in [0.25, 0.3) is 0 Å². The van der Waals surface area contributed by atoms with E-state index in [4.69, 9.17) is 5.73 Å². The maximum Gasteiger partial charge on any atom is 0.0458 e. The summed E-state index contributed by atoms with van der Waals surface area (Å²) in [4.78, 5) is 1.46. The van der Waals surface area contributed by atoms with Gasteiger partial charge in [0.1, 0.15) is 0 Å². The fourth-order valence-corrected chi connectivity index (χ4v) is 3.20. The lowest BCUT2D eigenvalue weighted by Gasteiger charge is -1.96. The molecule has 0 spiro atoms. The highest BCUT2D eigenvalue weighted by Crippen LogP contribution is 2.61. The Labute approximate surface area is 76.6 Å². The van der Waals surface area contributed by atoms with E-state index >= 15 is 0 Å². The lowest BCUT2D eigenvalue weighted by atomic mass is 10.2. The van der Waals surface area contributed by atoms with Crippen LogP contribution in [-0.4, -0.2) is 0 Å². The SMILES string of the molecule is Nc1ccsc1C1CC1C1CC1. The molecule has 2 fully saturated rings. The zero-order chi connectivity index (χ0) is 8.13. The van der Waals surface area contributed by atoms with Crippen LogP contribution in [-0.2, 0) is 0 Å². The minimum Gasteiger partial charge on any atom is -0.398 e. The fraction of sp³-hybridized carbons (Fsp3) is 0.600. The van der Waals surface area contributed by atoms with Gasteiger partial charge < -0.3 is 5.73 Å². The van der Waals surface area contributed by atoms with Gasteiger partial charge in [0, 0.05) is 10.6 Å². The van der Waals surface area contributed by atoms with Crippen molar-refractivity contribution in [2.45, 2.75) is 25.2 Å². The molecule has 0 aliphatic heterocycles. The highest BCUT2D eigenvalue weighted by Gasteiger charge is 2.48. The van der Waals surface area contributed by atoms with Gasteiger partial charge in [0.2, 0.25) is 0 Å². The number of hydrogen-bond donors (Lipinski definition) is 1. The summed E-state index contributed by atoms with van der Waals surface area (Å²) in [5.41, 5.74) is 6.91. The van der Waals surface area contributed by atoms with E-state index in [9.17, 15) is 0 Å². The van der Waals surface area contributed by atoms with Crippen molar-refractivity contribution in [1.82, 2.24) is 0 Å². The topological polar surface area (TPSA) is 26.0 Å². The van der Waals surface area contributed by atoms with Gasteiger partial charge in [-0.05, 0) is 48.5 Å². The van der Waals surface area contributed by atoms with Crippen LogP contribution in [0.4, 0.5) is 5.69 Å². The molecule has 2 unspecified atom stereocenters. The van der Waals surface area contributed by atoms with Gasteiger partial charge in [-0.2, -0.15) is 0 Å². The van der Waals surface area contributed by atoms with Gasteiger partial charge in [-0.25, -0.2) is 0 Å². The number of rotatable bonds is 2. The largest absolute Gasteiger partial charge is 0.398 e. The summed E-state index contributed by atoms with van der Waals surface area (Å²) in [5, 5.41) is 2.12. The molecule has 2 heteroatoms. The third kappa shape index (κ3) is 0.977. The predicted molar refractivity (Wildman–Crippen MR) is 52.3 cm³/mol.